The van der Waals surface area contributed by atoms with Crippen molar-refractivity contribution in [2.75, 3.05) is 20.2 Å². The van der Waals surface area contributed by atoms with Crippen molar-refractivity contribution < 1.29 is 4.74 Å². The molecule has 1 aliphatic carbocycles. The summed E-state index contributed by atoms with van der Waals surface area (Å²) in [7, 11) is 1.85. The average molecular weight is 496 g/mol. The number of H-pyrrole nitrogens is 1. The number of halogens is 1. The number of nitrogens with zero attached hydrogens (tertiary/aromatic N) is 1. The second kappa shape index (κ2) is 8.61. The lowest BCUT2D eigenvalue weighted by molar-refractivity contribution is -0.106. The maximum atomic E-state index is 5.90. The number of rotatable bonds is 5. The van der Waals surface area contributed by atoms with Crippen molar-refractivity contribution in [3.63, 3.8) is 0 Å². The predicted molar refractivity (Wildman–Crippen MR) is 127 cm³/mol. The van der Waals surface area contributed by atoms with Crippen molar-refractivity contribution in [1.29, 1.82) is 0 Å². The maximum absolute atomic E-state index is 5.90. The van der Waals surface area contributed by atoms with Gasteiger partial charge in [-0.15, -0.1) is 24.0 Å². The molecule has 1 saturated heterocycles. The standard InChI is InChI=1S/C22H32N4O.HI/c1-5-14-7-6-8-16-15(13-25-18(14)16)9-11-24-21(23-4)26-19-17-10-12-27-20(17)22(19,2)3;/h6-8,13,17,19-20,25H,5,9-12H2,1-4H3,(H2,23,24,26);1H. The number of aromatic amines is 1. The molecule has 3 atom stereocenters. The normalized spacial score (nSPS) is 25.7. The molecule has 1 saturated carbocycles. The number of guanidine groups is 1. The molecule has 1 aromatic carbocycles. The van der Waals surface area contributed by atoms with Gasteiger partial charge in [0.2, 0.25) is 0 Å². The molecule has 2 heterocycles. The van der Waals surface area contributed by atoms with Crippen LogP contribution in [0.3, 0.4) is 0 Å². The van der Waals surface area contributed by atoms with Gasteiger partial charge in [0.05, 0.1) is 6.10 Å². The summed E-state index contributed by atoms with van der Waals surface area (Å²) in [4.78, 5) is 7.90. The van der Waals surface area contributed by atoms with E-state index in [9.17, 15) is 0 Å². The van der Waals surface area contributed by atoms with Crippen molar-refractivity contribution >= 4 is 40.8 Å². The lowest BCUT2D eigenvalue weighted by Crippen LogP contribution is -2.68. The Balaban J connectivity index is 0.00000225. The first-order chi connectivity index (χ1) is 13.1. The lowest BCUT2D eigenvalue weighted by atomic mass is 9.57. The molecule has 6 heteroatoms. The molecule has 1 aromatic heterocycles. The average Bonchev–Trinajstić information content (AvgIpc) is 3.30. The molecule has 3 N–H and O–H groups in total. The number of aliphatic imine (C=N–C) groups is 1. The zero-order chi connectivity index (χ0) is 19.0. The van der Waals surface area contributed by atoms with Crippen LogP contribution < -0.4 is 10.6 Å². The van der Waals surface area contributed by atoms with Crippen LogP contribution in [0.2, 0.25) is 0 Å². The monoisotopic (exact) mass is 496 g/mol. The summed E-state index contributed by atoms with van der Waals surface area (Å²) in [5, 5.41) is 8.49. The van der Waals surface area contributed by atoms with Gasteiger partial charge in [0.25, 0.3) is 0 Å². The van der Waals surface area contributed by atoms with E-state index in [2.05, 4.69) is 65.8 Å². The van der Waals surface area contributed by atoms with E-state index in [0.29, 0.717) is 18.1 Å². The molecule has 2 fully saturated rings. The van der Waals surface area contributed by atoms with Gasteiger partial charge in [0.15, 0.2) is 5.96 Å². The van der Waals surface area contributed by atoms with E-state index in [4.69, 9.17) is 4.74 Å². The van der Waals surface area contributed by atoms with E-state index in [1.165, 1.54) is 22.0 Å². The van der Waals surface area contributed by atoms with Gasteiger partial charge in [0.1, 0.15) is 0 Å². The summed E-state index contributed by atoms with van der Waals surface area (Å²) in [6, 6.07) is 7.00. The topological polar surface area (TPSA) is 61.4 Å². The highest BCUT2D eigenvalue weighted by molar-refractivity contribution is 14.0. The second-order valence-corrected chi connectivity index (χ2v) is 8.44. The number of ether oxygens (including phenoxy) is 1. The van der Waals surface area contributed by atoms with Gasteiger partial charge in [-0.1, -0.05) is 39.0 Å². The number of hydrogen-bond acceptors (Lipinski definition) is 2. The Morgan fingerprint density at radius 1 is 1.32 bits per heavy atom. The summed E-state index contributed by atoms with van der Waals surface area (Å²) in [6.07, 6.45) is 5.72. The van der Waals surface area contributed by atoms with Crippen LogP contribution in [0.25, 0.3) is 10.9 Å². The number of aryl methyl sites for hydroxylation is 1. The number of nitrogens with one attached hydrogen (secondary N) is 3. The minimum absolute atomic E-state index is 0. The Hall–Kier alpha value is -1.28. The molecule has 0 amide bonds. The fraction of sp³-hybridized carbons (Fsp3) is 0.591. The second-order valence-electron chi connectivity index (χ2n) is 8.44. The van der Waals surface area contributed by atoms with Crippen molar-refractivity contribution in [1.82, 2.24) is 15.6 Å². The minimum atomic E-state index is 0. The summed E-state index contributed by atoms with van der Waals surface area (Å²) >= 11 is 0. The quantitative estimate of drug-likeness (QED) is 0.335. The molecule has 4 rings (SSSR count). The minimum Gasteiger partial charge on any atom is -0.377 e. The lowest BCUT2D eigenvalue weighted by Gasteiger charge is -2.54. The first kappa shape index (κ1) is 21.4. The van der Waals surface area contributed by atoms with Crippen LogP contribution >= 0.6 is 24.0 Å². The highest BCUT2D eigenvalue weighted by atomic mass is 127. The molecule has 154 valence electrons. The van der Waals surface area contributed by atoms with Gasteiger partial charge in [0, 0.05) is 54.7 Å². The fourth-order valence-electron chi connectivity index (χ4n) is 5.05. The number of fused-ring (bicyclic) bond motifs is 2. The van der Waals surface area contributed by atoms with Crippen LogP contribution in [0.5, 0.6) is 0 Å². The van der Waals surface area contributed by atoms with E-state index in [1.54, 1.807) is 0 Å². The highest BCUT2D eigenvalue weighted by Crippen LogP contribution is 2.52. The van der Waals surface area contributed by atoms with Gasteiger partial charge in [-0.2, -0.15) is 0 Å². The molecular weight excluding hydrogens is 463 g/mol. The molecule has 1 aliphatic heterocycles. The van der Waals surface area contributed by atoms with Gasteiger partial charge in [-0.3, -0.25) is 4.99 Å². The molecule has 0 bridgehead atoms. The van der Waals surface area contributed by atoms with Crippen molar-refractivity contribution in [3.05, 3.63) is 35.5 Å². The SMILES string of the molecule is CCc1cccc2c(CCNC(=NC)NC3C4CCOC4C3(C)C)c[nH]c12.I. The number of hydrogen-bond donors (Lipinski definition) is 3. The Morgan fingerprint density at radius 3 is 2.89 bits per heavy atom. The summed E-state index contributed by atoms with van der Waals surface area (Å²) in [5.41, 5.74) is 4.17. The van der Waals surface area contributed by atoms with Crippen LogP contribution in [0.1, 0.15) is 38.3 Å². The number of para-hydroxylation sites is 1. The van der Waals surface area contributed by atoms with Crippen LogP contribution in [0.4, 0.5) is 0 Å². The zero-order valence-corrected chi connectivity index (χ0v) is 19.7. The zero-order valence-electron chi connectivity index (χ0n) is 17.3. The Kier molecular flexibility index (Phi) is 6.59. The number of aromatic nitrogens is 1. The van der Waals surface area contributed by atoms with Crippen molar-refractivity contribution in [3.8, 4) is 0 Å². The molecule has 0 spiro atoms. The Morgan fingerprint density at radius 2 is 2.14 bits per heavy atom. The van der Waals surface area contributed by atoms with E-state index in [-0.39, 0.29) is 29.4 Å². The molecule has 2 aliphatic rings. The molecular formula is C22H33IN4O. The van der Waals surface area contributed by atoms with Crippen LogP contribution in [0.15, 0.2) is 29.4 Å². The molecule has 2 aromatic rings. The van der Waals surface area contributed by atoms with E-state index >= 15 is 0 Å². The molecule has 0 radical (unpaired) electrons. The summed E-state index contributed by atoms with van der Waals surface area (Å²) in [6.45, 7) is 8.54. The van der Waals surface area contributed by atoms with Crippen molar-refractivity contribution in [2.45, 2.75) is 52.2 Å². The summed E-state index contributed by atoms with van der Waals surface area (Å²) in [5.74, 6) is 1.51. The third kappa shape index (κ3) is 3.65. The van der Waals surface area contributed by atoms with E-state index < -0.39 is 0 Å². The van der Waals surface area contributed by atoms with Gasteiger partial charge in [-0.05, 0) is 30.4 Å². The largest absolute Gasteiger partial charge is 0.377 e. The van der Waals surface area contributed by atoms with Gasteiger partial charge in [-0.25, -0.2) is 0 Å². The van der Waals surface area contributed by atoms with Crippen molar-refractivity contribution in [2.24, 2.45) is 16.3 Å². The van der Waals surface area contributed by atoms with Crippen LogP contribution in [-0.4, -0.2) is 43.3 Å². The first-order valence-electron chi connectivity index (χ1n) is 10.2. The highest BCUT2D eigenvalue weighted by Gasteiger charge is 2.59. The number of benzene rings is 1. The first-order valence-corrected chi connectivity index (χ1v) is 10.2. The molecule has 3 unspecified atom stereocenters. The van der Waals surface area contributed by atoms with Gasteiger partial charge < -0.3 is 20.4 Å². The third-order valence-electron chi connectivity index (χ3n) is 6.57. The van der Waals surface area contributed by atoms with E-state index in [1.807, 2.05) is 7.05 Å². The van der Waals surface area contributed by atoms with E-state index in [0.717, 1.165) is 38.4 Å². The maximum Gasteiger partial charge on any atom is 0.191 e. The smallest absolute Gasteiger partial charge is 0.191 e. The fourth-order valence-corrected chi connectivity index (χ4v) is 5.05. The molecule has 28 heavy (non-hydrogen) atoms. The van der Waals surface area contributed by atoms with Crippen LogP contribution in [0, 0.1) is 11.3 Å². The van der Waals surface area contributed by atoms with Gasteiger partial charge >= 0.3 is 0 Å². The predicted octanol–water partition coefficient (Wildman–Crippen LogP) is 3.87. The third-order valence-corrected chi connectivity index (χ3v) is 6.57. The molecule has 5 nitrogen and oxygen atoms in total. The van der Waals surface area contributed by atoms with Crippen LogP contribution in [-0.2, 0) is 17.6 Å². The summed E-state index contributed by atoms with van der Waals surface area (Å²) < 4.78 is 5.90. The Bertz CT molecular complexity index is 844. The Labute approximate surface area is 185 Å².